The van der Waals surface area contributed by atoms with Crippen LogP contribution in [0.2, 0.25) is 0 Å². The molecule has 0 aliphatic rings. The highest BCUT2D eigenvalue weighted by Gasteiger charge is 2.13. The van der Waals surface area contributed by atoms with E-state index in [9.17, 15) is 9.18 Å². The van der Waals surface area contributed by atoms with Crippen LogP contribution in [-0.2, 0) is 6.54 Å². The van der Waals surface area contributed by atoms with Gasteiger partial charge in [0.1, 0.15) is 11.6 Å². The summed E-state index contributed by atoms with van der Waals surface area (Å²) in [4.78, 5) is 15.3. The number of hydrogen-bond acceptors (Lipinski definition) is 4. The lowest BCUT2D eigenvalue weighted by Gasteiger charge is -2.06. The fourth-order valence-electron chi connectivity index (χ4n) is 2.98. The van der Waals surface area contributed by atoms with Crippen molar-refractivity contribution in [2.24, 2.45) is 0 Å². The van der Waals surface area contributed by atoms with Crippen molar-refractivity contribution in [3.05, 3.63) is 96.1 Å². The summed E-state index contributed by atoms with van der Waals surface area (Å²) in [6.45, 7) is 0.342. The van der Waals surface area contributed by atoms with Crippen LogP contribution in [0, 0.1) is 5.82 Å². The molecule has 0 spiro atoms. The van der Waals surface area contributed by atoms with E-state index >= 15 is 0 Å². The number of nitrogens with one attached hydrogen (secondary N) is 1. The first-order valence-corrected chi connectivity index (χ1v) is 8.93. The molecule has 0 amide bonds. The Balaban J connectivity index is 1.68. The summed E-state index contributed by atoms with van der Waals surface area (Å²) >= 11 is 0. The number of rotatable bonds is 6. The Labute approximate surface area is 166 Å². The van der Waals surface area contributed by atoms with Gasteiger partial charge in [0.25, 0.3) is 0 Å². The summed E-state index contributed by atoms with van der Waals surface area (Å²) < 4.78 is 15.5. The Hall–Kier alpha value is -4.00. The largest absolute Gasteiger partial charge is 0.478 e. The van der Waals surface area contributed by atoms with Gasteiger partial charge in [-0.3, -0.25) is 0 Å². The number of carbonyl (C=O) groups is 1. The first kappa shape index (κ1) is 18.4. The molecule has 6 nitrogen and oxygen atoms in total. The van der Waals surface area contributed by atoms with Crippen LogP contribution in [0.15, 0.2) is 79.1 Å². The molecule has 0 bridgehead atoms. The molecule has 0 saturated carbocycles. The maximum atomic E-state index is 13.8. The first-order valence-electron chi connectivity index (χ1n) is 8.93. The lowest BCUT2D eigenvalue weighted by Crippen LogP contribution is -2.04. The van der Waals surface area contributed by atoms with Gasteiger partial charge in [0.05, 0.1) is 16.9 Å². The number of anilines is 1. The average molecular weight is 388 g/mol. The first-order chi connectivity index (χ1) is 14.1. The minimum absolute atomic E-state index is 0.146. The quantitative estimate of drug-likeness (QED) is 0.512. The van der Waals surface area contributed by atoms with Crippen LogP contribution >= 0.6 is 0 Å². The predicted molar refractivity (Wildman–Crippen MR) is 107 cm³/mol. The summed E-state index contributed by atoms with van der Waals surface area (Å²) in [6.07, 6.45) is 3.30. The normalized spacial score (nSPS) is 10.7. The summed E-state index contributed by atoms with van der Waals surface area (Å²) in [5.41, 5.74) is 3.14. The van der Waals surface area contributed by atoms with E-state index in [4.69, 9.17) is 5.11 Å². The molecule has 0 saturated heterocycles. The number of nitrogens with zero attached hydrogens (tertiary/aromatic N) is 3. The van der Waals surface area contributed by atoms with Crippen molar-refractivity contribution in [3.8, 4) is 16.9 Å². The second kappa shape index (κ2) is 7.93. The van der Waals surface area contributed by atoms with Gasteiger partial charge in [-0.25, -0.2) is 18.9 Å². The highest BCUT2D eigenvalue weighted by atomic mass is 19.1. The molecule has 0 fully saturated rings. The minimum atomic E-state index is -1.02. The van der Waals surface area contributed by atoms with Crippen LogP contribution in [0.25, 0.3) is 16.9 Å². The standard InChI is InChI=1S/C22H17FN4O2/c23-18-6-4-5-15(11-18)21-17(14-27(26-21)19-7-2-1-3-8-19)13-25-20-12-16(22(28)29)9-10-24-20/h1-12,14H,13H2,(H,24,25)(H,28,29). The topological polar surface area (TPSA) is 80.0 Å². The molecule has 29 heavy (non-hydrogen) atoms. The molecule has 7 heteroatoms. The second-order valence-electron chi connectivity index (χ2n) is 6.38. The van der Waals surface area contributed by atoms with E-state index in [1.807, 2.05) is 36.5 Å². The molecule has 2 N–H and O–H groups in total. The monoisotopic (exact) mass is 388 g/mol. The van der Waals surface area contributed by atoms with Crippen molar-refractivity contribution in [2.45, 2.75) is 6.54 Å². The molecule has 2 aromatic carbocycles. The fourth-order valence-corrected chi connectivity index (χ4v) is 2.98. The highest BCUT2D eigenvalue weighted by molar-refractivity contribution is 5.88. The smallest absolute Gasteiger partial charge is 0.335 e. The van der Waals surface area contributed by atoms with Gasteiger partial charge in [0.2, 0.25) is 0 Å². The lowest BCUT2D eigenvalue weighted by molar-refractivity contribution is 0.0697. The molecule has 0 unspecified atom stereocenters. The van der Waals surface area contributed by atoms with Gasteiger partial charge in [-0.1, -0.05) is 30.3 Å². The van der Waals surface area contributed by atoms with Gasteiger partial charge in [-0.15, -0.1) is 0 Å². The molecular weight excluding hydrogens is 371 g/mol. The van der Waals surface area contributed by atoms with E-state index in [1.54, 1.807) is 16.8 Å². The minimum Gasteiger partial charge on any atom is -0.478 e. The number of carboxylic acid groups (broad SMARTS) is 1. The van der Waals surface area contributed by atoms with Crippen LogP contribution in [-0.4, -0.2) is 25.8 Å². The molecule has 0 radical (unpaired) electrons. The van der Waals surface area contributed by atoms with Crippen molar-refractivity contribution < 1.29 is 14.3 Å². The maximum Gasteiger partial charge on any atom is 0.335 e. The second-order valence-corrected chi connectivity index (χ2v) is 6.38. The Bertz CT molecular complexity index is 1160. The molecule has 0 aliphatic carbocycles. The Morgan fingerprint density at radius 3 is 2.66 bits per heavy atom. The van der Waals surface area contributed by atoms with Crippen molar-refractivity contribution in [1.82, 2.24) is 14.8 Å². The van der Waals surface area contributed by atoms with Gasteiger partial charge < -0.3 is 10.4 Å². The molecule has 4 aromatic rings. The maximum absolute atomic E-state index is 13.8. The van der Waals surface area contributed by atoms with Crippen LogP contribution in [0.1, 0.15) is 15.9 Å². The summed E-state index contributed by atoms with van der Waals surface area (Å²) in [6, 6.07) is 18.8. The van der Waals surface area contributed by atoms with Gasteiger partial charge in [-0.2, -0.15) is 5.10 Å². The number of halogens is 1. The number of pyridine rings is 1. The zero-order valence-corrected chi connectivity index (χ0v) is 15.3. The summed E-state index contributed by atoms with van der Waals surface area (Å²) in [7, 11) is 0. The average Bonchev–Trinajstić information content (AvgIpc) is 3.17. The van der Waals surface area contributed by atoms with Crippen molar-refractivity contribution in [1.29, 1.82) is 0 Å². The third-order valence-corrected chi connectivity index (χ3v) is 4.38. The Kier molecular flexibility index (Phi) is 5.03. The van der Waals surface area contributed by atoms with E-state index in [0.29, 0.717) is 23.6 Å². The number of carboxylic acids is 1. The van der Waals surface area contributed by atoms with Crippen LogP contribution < -0.4 is 5.32 Å². The SMILES string of the molecule is O=C(O)c1ccnc(NCc2cn(-c3ccccc3)nc2-c2cccc(F)c2)c1. The molecule has 0 atom stereocenters. The highest BCUT2D eigenvalue weighted by Crippen LogP contribution is 2.25. The van der Waals surface area contributed by atoms with Crippen molar-refractivity contribution in [3.63, 3.8) is 0 Å². The van der Waals surface area contributed by atoms with Gasteiger partial charge in [0, 0.05) is 30.1 Å². The van der Waals surface area contributed by atoms with E-state index in [2.05, 4.69) is 15.4 Å². The van der Waals surface area contributed by atoms with Gasteiger partial charge >= 0.3 is 5.97 Å². The summed E-state index contributed by atoms with van der Waals surface area (Å²) in [5.74, 6) is -0.929. The van der Waals surface area contributed by atoms with Crippen molar-refractivity contribution >= 4 is 11.8 Å². The van der Waals surface area contributed by atoms with Crippen LogP contribution in [0.3, 0.4) is 0 Å². The number of aromatic nitrogens is 3. The zero-order valence-electron chi connectivity index (χ0n) is 15.3. The third-order valence-electron chi connectivity index (χ3n) is 4.38. The molecule has 2 heterocycles. The summed E-state index contributed by atoms with van der Waals surface area (Å²) in [5, 5.41) is 16.9. The molecular formula is C22H17FN4O2. The van der Waals surface area contributed by atoms with Crippen molar-refractivity contribution in [2.75, 3.05) is 5.32 Å². The van der Waals surface area contributed by atoms with E-state index in [0.717, 1.165) is 11.3 Å². The van der Waals surface area contributed by atoms with E-state index in [-0.39, 0.29) is 11.4 Å². The molecule has 144 valence electrons. The number of para-hydroxylation sites is 1. The third kappa shape index (κ3) is 4.14. The Morgan fingerprint density at radius 1 is 1.07 bits per heavy atom. The number of hydrogen-bond donors (Lipinski definition) is 2. The van der Waals surface area contributed by atoms with Gasteiger partial charge in [0.15, 0.2) is 0 Å². The zero-order chi connectivity index (χ0) is 20.2. The predicted octanol–water partition coefficient (Wildman–Crippen LogP) is 4.38. The van der Waals surface area contributed by atoms with Crippen LogP contribution in [0.4, 0.5) is 10.2 Å². The molecule has 2 aromatic heterocycles. The number of aromatic carboxylic acids is 1. The lowest BCUT2D eigenvalue weighted by atomic mass is 10.1. The van der Waals surface area contributed by atoms with Gasteiger partial charge in [-0.05, 0) is 36.4 Å². The van der Waals surface area contributed by atoms with Crippen LogP contribution in [0.5, 0.6) is 0 Å². The van der Waals surface area contributed by atoms with E-state index < -0.39 is 5.97 Å². The fraction of sp³-hybridized carbons (Fsp3) is 0.0455. The molecule has 0 aliphatic heterocycles. The molecule has 4 rings (SSSR count). The Morgan fingerprint density at radius 2 is 1.90 bits per heavy atom. The number of benzene rings is 2. The van der Waals surface area contributed by atoms with E-state index in [1.165, 1.54) is 30.5 Å².